The van der Waals surface area contributed by atoms with Crippen LogP contribution in [0.1, 0.15) is 5.56 Å². The van der Waals surface area contributed by atoms with E-state index in [-0.39, 0.29) is 0 Å². The third kappa shape index (κ3) is 2.54. The summed E-state index contributed by atoms with van der Waals surface area (Å²) in [5.41, 5.74) is -1.44. The molecule has 0 aliphatic heterocycles. The Hall–Kier alpha value is -0.950. The Morgan fingerprint density at radius 2 is 1.80 bits per heavy atom. The first-order valence-corrected chi connectivity index (χ1v) is 5.79. The molecule has 3 nitrogen and oxygen atoms in total. The van der Waals surface area contributed by atoms with Crippen molar-refractivity contribution in [2.45, 2.75) is 11.1 Å². The van der Waals surface area contributed by atoms with Gasteiger partial charge in [0.05, 0.1) is 5.56 Å². The fraction of sp³-hybridized carbons (Fsp3) is 0.143. The van der Waals surface area contributed by atoms with Gasteiger partial charge in [-0.05, 0) is 12.1 Å². The van der Waals surface area contributed by atoms with E-state index >= 15 is 0 Å². The van der Waals surface area contributed by atoms with Crippen molar-refractivity contribution in [3.63, 3.8) is 0 Å². The molecule has 1 N–H and O–H groups in total. The van der Waals surface area contributed by atoms with Crippen LogP contribution in [0.5, 0.6) is 5.75 Å². The van der Waals surface area contributed by atoms with Gasteiger partial charge in [-0.1, -0.05) is 6.07 Å². The first-order valence-electron chi connectivity index (χ1n) is 3.48. The van der Waals surface area contributed by atoms with E-state index in [2.05, 4.69) is 0 Å². The third-order valence-corrected chi connectivity index (χ3v) is 2.92. The topological polar surface area (TPSA) is 54.4 Å². The van der Waals surface area contributed by atoms with Crippen LogP contribution in [0.15, 0.2) is 23.1 Å². The van der Waals surface area contributed by atoms with Gasteiger partial charge in [0.25, 0.3) is 9.05 Å². The van der Waals surface area contributed by atoms with Crippen LogP contribution in [0.4, 0.5) is 13.2 Å². The van der Waals surface area contributed by atoms with Crippen molar-refractivity contribution >= 4 is 19.7 Å². The molecular weight excluding hydrogens is 257 g/mol. The number of hydrogen-bond acceptors (Lipinski definition) is 3. The second-order valence-corrected chi connectivity index (χ2v) is 5.12. The van der Waals surface area contributed by atoms with E-state index in [0.717, 1.165) is 12.1 Å². The summed E-state index contributed by atoms with van der Waals surface area (Å²) in [5, 5.41) is 9.08. The van der Waals surface area contributed by atoms with Crippen LogP contribution in [0, 0.1) is 0 Å². The van der Waals surface area contributed by atoms with Crippen molar-refractivity contribution in [2.75, 3.05) is 0 Å². The second-order valence-electron chi connectivity index (χ2n) is 2.59. The number of para-hydroxylation sites is 1. The summed E-state index contributed by atoms with van der Waals surface area (Å²) in [4.78, 5) is -0.959. The quantitative estimate of drug-likeness (QED) is 0.789. The van der Waals surface area contributed by atoms with E-state index in [9.17, 15) is 21.6 Å². The van der Waals surface area contributed by atoms with Crippen LogP contribution in [-0.2, 0) is 15.2 Å². The monoisotopic (exact) mass is 260 g/mol. The van der Waals surface area contributed by atoms with Gasteiger partial charge in [-0.15, -0.1) is 0 Å². The van der Waals surface area contributed by atoms with Gasteiger partial charge >= 0.3 is 6.18 Å². The molecule has 0 amide bonds. The van der Waals surface area contributed by atoms with Crippen molar-refractivity contribution in [1.29, 1.82) is 0 Å². The number of aromatic hydroxyl groups is 1. The number of phenols is 1. The molecule has 1 aromatic rings. The Morgan fingerprint density at radius 1 is 1.27 bits per heavy atom. The minimum atomic E-state index is -4.83. The maximum absolute atomic E-state index is 12.2. The number of phenolic OH excluding ortho intramolecular Hbond substituents is 1. The lowest BCUT2D eigenvalue weighted by molar-refractivity contribution is -0.139. The fourth-order valence-corrected chi connectivity index (χ4v) is 1.90. The molecule has 0 heterocycles. The molecule has 0 aliphatic carbocycles. The normalized spacial score (nSPS) is 12.8. The summed E-state index contributed by atoms with van der Waals surface area (Å²) in [6, 6.07) is 2.19. The van der Waals surface area contributed by atoms with Crippen LogP contribution in [0.2, 0.25) is 0 Å². The van der Waals surface area contributed by atoms with Gasteiger partial charge in [-0.3, -0.25) is 0 Å². The van der Waals surface area contributed by atoms with Gasteiger partial charge in [-0.25, -0.2) is 8.42 Å². The maximum atomic E-state index is 12.2. The largest absolute Gasteiger partial charge is 0.506 e. The lowest BCUT2D eigenvalue weighted by atomic mass is 10.2. The van der Waals surface area contributed by atoms with Crippen molar-refractivity contribution < 1.29 is 26.7 Å². The number of halogens is 4. The molecule has 0 aromatic heterocycles. The molecule has 0 aliphatic rings. The highest BCUT2D eigenvalue weighted by atomic mass is 35.7. The molecule has 0 unspecified atom stereocenters. The number of rotatable bonds is 1. The lowest BCUT2D eigenvalue weighted by Crippen LogP contribution is -2.06. The molecule has 1 aromatic carbocycles. The van der Waals surface area contributed by atoms with Gasteiger partial charge in [0.1, 0.15) is 10.6 Å². The smallest absolute Gasteiger partial charge is 0.420 e. The molecule has 1 rings (SSSR count). The minimum Gasteiger partial charge on any atom is -0.506 e. The molecule has 8 heteroatoms. The SMILES string of the molecule is O=S(=O)(Cl)c1cccc(C(F)(F)F)c1O. The zero-order valence-corrected chi connectivity index (χ0v) is 8.49. The van der Waals surface area contributed by atoms with Gasteiger partial charge in [0.2, 0.25) is 0 Å². The molecule has 0 atom stereocenters. The Balaban J connectivity index is 3.51. The van der Waals surface area contributed by atoms with Gasteiger partial charge in [-0.2, -0.15) is 13.2 Å². The van der Waals surface area contributed by atoms with E-state index in [1.807, 2.05) is 0 Å². The van der Waals surface area contributed by atoms with Crippen molar-refractivity contribution in [2.24, 2.45) is 0 Å². The average Bonchev–Trinajstić information content (AvgIpc) is 1.99. The lowest BCUT2D eigenvalue weighted by Gasteiger charge is -2.10. The second kappa shape index (κ2) is 3.57. The zero-order valence-electron chi connectivity index (χ0n) is 6.92. The maximum Gasteiger partial charge on any atom is 0.420 e. The van der Waals surface area contributed by atoms with E-state index < -0.39 is 31.4 Å². The Bertz CT molecular complexity index is 481. The van der Waals surface area contributed by atoms with E-state index in [4.69, 9.17) is 15.8 Å². The average molecular weight is 261 g/mol. The molecule has 15 heavy (non-hydrogen) atoms. The van der Waals surface area contributed by atoms with Gasteiger partial charge in [0.15, 0.2) is 0 Å². The Morgan fingerprint density at radius 3 is 2.20 bits per heavy atom. The summed E-state index contributed by atoms with van der Waals surface area (Å²) in [6.45, 7) is 0. The van der Waals surface area contributed by atoms with Crippen LogP contribution in [0.3, 0.4) is 0 Å². The predicted molar refractivity (Wildman–Crippen MR) is 46.1 cm³/mol. The Labute approximate surface area is 87.5 Å². The zero-order chi connectivity index (χ0) is 11.9. The summed E-state index contributed by atoms with van der Waals surface area (Å²) in [5.74, 6) is -1.39. The summed E-state index contributed by atoms with van der Waals surface area (Å²) < 4.78 is 58.2. The summed E-state index contributed by atoms with van der Waals surface area (Å²) in [6.07, 6.45) is -4.83. The van der Waals surface area contributed by atoms with Crippen LogP contribution in [-0.4, -0.2) is 13.5 Å². The molecule has 0 saturated heterocycles. The fourth-order valence-electron chi connectivity index (χ4n) is 0.948. The number of hydrogen-bond donors (Lipinski definition) is 1. The molecule has 0 spiro atoms. The predicted octanol–water partition coefficient (Wildman–Crippen LogP) is 2.34. The minimum absolute atomic E-state index is 0.556. The molecular formula is C7H4ClF3O3S. The van der Waals surface area contributed by atoms with Gasteiger partial charge in [0, 0.05) is 10.7 Å². The Kier molecular flexibility index (Phi) is 2.88. The van der Waals surface area contributed by atoms with Crippen LogP contribution >= 0.6 is 10.7 Å². The molecule has 0 radical (unpaired) electrons. The standard InChI is InChI=1S/C7H4ClF3O3S/c8-15(13,14)5-3-1-2-4(6(5)12)7(9,10)11/h1-3,12H. The third-order valence-electron chi connectivity index (χ3n) is 1.57. The summed E-state index contributed by atoms with van der Waals surface area (Å²) in [7, 11) is 0.437. The highest BCUT2D eigenvalue weighted by Crippen LogP contribution is 2.39. The van der Waals surface area contributed by atoms with Crippen molar-refractivity contribution in [3.8, 4) is 5.75 Å². The molecule has 0 fully saturated rings. The highest BCUT2D eigenvalue weighted by molar-refractivity contribution is 8.13. The summed E-state index contributed by atoms with van der Waals surface area (Å²) >= 11 is 0. The van der Waals surface area contributed by atoms with Gasteiger partial charge < -0.3 is 5.11 Å². The molecule has 0 saturated carbocycles. The van der Waals surface area contributed by atoms with E-state index in [1.54, 1.807) is 0 Å². The van der Waals surface area contributed by atoms with Crippen molar-refractivity contribution in [3.05, 3.63) is 23.8 Å². The van der Waals surface area contributed by atoms with Crippen LogP contribution in [0.25, 0.3) is 0 Å². The molecule has 0 bridgehead atoms. The molecule has 84 valence electrons. The van der Waals surface area contributed by atoms with E-state index in [1.165, 1.54) is 0 Å². The highest BCUT2D eigenvalue weighted by Gasteiger charge is 2.36. The first-order chi connectivity index (χ1) is 6.64. The number of benzene rings is 1. The van der Waals surface area contributed by atoms with Crippen LogP contribution < -0.4 is 0 Å². The first kappa shape index (κ1) is 12.1. The van der Waals surface area contributed by atoms with Crippen molar-refractivity contribution in [1.82, 2.24) is 0 Å². The number of alkyl halides is 3. The van der Waals surface area contributed by atoms with E-state index in [0.29, 0.717) is 6.07 Å².